The number of aromatic nitrogens is 2. The largest absolute Gasteiger partial charge is 0.287 e. The third kappa shape index (κ3) is 2.88. The van der Waals surface area contributed by atoms with Crippen molar-refractivity contribution in [1.82, 2.24) is 10.2 Å². The van der Waals surface area contributed by atoms with Gasteiger partial charge in [0.15, 0.2) is 0 Å². The van der Waals surface area contributed by atoms with Gasteiger partial charge in [-0.2, -0.15) is 5.10 Å². The Morgan fingerprint density at radius 1 is 0.680 bits per heavy atom. The van der Waals surface area contributed by atoms with Gasteiger partial charge in [-0.05, 0) is 5.56 Å². The van der Waals surface area contributed by atoms with Crippen LogP contribution >= 0.6 is 0 Å². The summed E-state index contributed by atoms with van der Waals surface area (Å²) >= 11 is 0. The van der Waals surface area contributed by atoms with Crippen LogP contribution < -0.4 is 0 Å². The Morgan fingerprint density at radius 3 is 1.80 bits per heavy atom. The van der Waals surface area contributed by atoms with Crippen LogP contribution in [0.25, 0.3) is 22.4 Å². The Bertz CT molecular complexity index is 990. The molecule has 3 nitrogen and oxygen atoms in total. The lowest BCUT2D eigenvalue weighted by atomic mass is 9.95. The van der Waals surface area contributed by atoms with Crippen LogP contribution in [0.4, 0.5) is 0 Å². The third-order valence-corrected chi connectivity index (χ3v) is 4.14. The Balaban J connectivity index is 1.91. The first-order valence-electron chi connectivity index (χ1n) is 8.13. The van der Waals surface area contributed by atoms with Crippen molar-refractivity contribution in [2.24, 2.45) is 0 Å². The van der Waals surface area contributed by atoms with E-state index in [1.807, 2.05) is 91.0 Å². The number of benzene rings is 3. The molecule has 0 bridgehead atoms. The van der Waals surface area contributed by atoms with Crippen molar-refractivity contribution < 1.29 is 4.79 Å². The fourth-order valence-electron chi connectivity index (χ4n) is 2.93. The molecule has 4 rings (SSSR count). The van der Waals surface area contributed by atoms with E-state index in [2.05, 4.69) is 10.2 Å². The number of ketones is 1. The van der Waals surface area contributed by atoms with Gasteiger partial charge in [0.05, 0.1) is 0 Å². The van der Waals surface area contributed by atoms with Gasteiger partial charge in [0.25, 0.3) is 0 Å². The number of hydrogen-bond acceptors (Lipinski definition) is 2. The summed E-state index contributed by atoms with van der Waals surface area (Å²) in [6.07, 6.45) is 0. The van der Waals surface area contributed by atoms with E-state index in [1.165, 1.54) is 0 Å². The Labute approximate surface area is 146 Å². The molecule has 0 saturated heterocycles. The van der Waals surface area contributed by atoms with Crippen LogP contribution in [0.5, 0.6) is 0 Å². The number of nitrogens with zero attached hydrogens (tertiary/aromatic N) is 1. The van der Waals surface area contributed by atoms with Crippen molar-refractivity contribution in [3.05, 3.63) is 102 Å². The van der Waals surface area contributed by atoms with E-state index < -0.39 is 0 Å². The molecule has 0 aliphatic carbocycles. The van der Waals surface area contributed by atoms with Gasteiger partial charge in [0.2, 0.25) is 5.78 Å². The fraction of sp³-hybridized carbons (Fsp3) is 0. The van der Waals surface area contributed by atoms with E-state index in [4.69, 9.17) is 0 Å². The lowest BCUT2D eigenvalue weighted by Crippen LogP contribution is -2.03. The van der Waals surface area contributed by atoms with Gasteiger partial charge in [-0.3, -0.25) is 9.89 Å². The lowest BCUT2D eigenvalue weighted by Gasteiger charge is -2.06. The Hall–Kier alpha value is -3.46. The standard InChI is InChI=1S/C22H16N2O/c25-22(18-14-8-3-9-15-18)21-19(16-10-4-1-5-11-16)20(23-24-21)17-12-6-2-7-13-17/h1-15H,(H,23,24). The SMILES string of the molecule is O=C(c1ccccc1)c1[nH]nc(-c2ccccc2)c1-c1ccccc1. The summed E-state index contributed by atoms with van der Waals surface area (Å²) in [7, 11) is 0. The second-order valence-corrected chi connectivity index (χ2v) is 5.75. The summed E-state index contributed by atoms with van der Waals surface area (Å²) in [4.78, 5) is 13.0. The van der Waals surface area contributed by atoms with Crippen molar-refractivity contribution in [1.29, 1.82) is 0 Å². The predicted molar refractivity (Wildman–Crippen MR) is 99.3 cm³/mol. The highest BCUT2D eigenvalue weighted by Gasteiger charge is 2.22. The van der Waals surface area contributed by atoms with Gasteiger partial charge in [-0.15, -0.1) is 0 Å². The van der Waals surface area contributed by atoms with Gasteiger partial charge in [-0.25, -0.2) is 0 Å². The molecule has 0 saturated carbocycles. The predicted octanol–water partition coefficient (Wildman–Crippen LogP) is 4.97. The highest BCUT2D eigenvalue weighted by atomic mass is 16.1. The molecular formula is C22H16N2O. The lowest BCUT2D eigenvalue weighted by molar-refractivity contribution is 0.103. The molecule has 0 amide bonds. The van der Waals surface area contributed by atoms with E-state index in [-0.39, 0.29) is 5.78 Å². The molecule has 0 aliphatic heterocycles. The molecule has 3 aromatic carbocycles. The monoisotopic (exact) mass is 324 g/mol. The smallest absolute Gasteiger partial charge is 0.211 e. The van der Waals surface area contributed by atoms with Crippen LogP contribution in [0, 0.1) is 0 Å². The average molecular weight is 324 g/mol. The topological polar surface area (TPSA) is 45.8 Å². The molecule has 0 radical (unpaired) electrons. The minimum atomic E-state index is -0.0610. The summed E-state index contributed by atoms with van der Waals surface area (Å²) < 4.78 is 0. The van der Waals surface area contributed by atoms with E-state index in [9.17, 15) is 4.79 Å². The zero-order valence-corrected chi connectivity index (χ0v) is 13.5. The molecule has 0 spiro atoms. The number of aromatic amines is 1. The molecule has 0 aliphatic rings. The van der Waals surface area contributed by atoms with Crippen LogP contribution in [0.2, 0.25) is 0 Å². The van der Waals surface area contributed by atoms with Crippen LogP contribution in [0.15, 0.2) is 91.0 Å². The Morgan fingerprint density at radius 2 is 1.20 bits per heavy atom. The summed E-state index contributed by atoms with van der Waals surface area (Å²) in [5.74, 6) is -0.0610. The normalized spacial score (nSPS) is 10.6. The second-order valence-electron chi connectivity index (χ2n) is 5.75. The summed E-state index contributed by atoms with van der Waals surface area (Å²) in [6, 6.07) is 29.1. The van der Waals surface area contributed by atoms with Crippen molar-refractivity contribution in [2.75, 3.05) is 0 Å². The van der Waals surface area contributed by atoms with Gasteiger partial charge < -0.3 is 0 Å². The number of carbonyl (C=O) groups is 1. The number of H-pyrrole nitrogens is 1. The van der Waals surface area contributed by atoms with E-state index in [0.29, 0.717) is 11.3 Å². The van der Waals surface area contributed by atoms with Crippen LogP contribution in [-0.4, -0.2) is 16.0 Å². The molecule has 1 aromatic heterocycles. The summed E-state index contributed by atoms with van der Waals surface area (Å²) in [5, 5.41) is 7.43. The molecule has 0 atom stereocenters. The molecule has 1 N–H and O–H groups in total. The zero-order valence-electron chi connectivity index (χ0n) is 13.5. The van der Waals surface area contributed by atoms with E-state index >= 15 is 0 Å². The maximum atomic E-state index is 13.0. The summed E-state index contributed by atoms with van der Waals surface area (Å²) in [5.41, 5.74) is 4.71. The van der Waals surface area contributed by atoms with E-state index in [1.54, 1.807) is 0 Å². The van der Waals surface area contributed by atoms with Crippen molar-refractivity contribution >= 4 is 5.78 Å². The van der Waals surface area contributed by atoms with Crippen molar-refractivity contribution in [3.8, 4) is 22.4 Å². The minimum Gasteiger partial charge on any atom is -0.287 e. The second kappa shape index (κ2) is 6.57. The average Bonchev–Trinajstić information content (AvgIpc) is 3.14. The zero-order chi connectivity index (χ0) is 17.1. The van der Waals surface area contributed by atoms with Crippen molar-refractivity contribution in [2.45, 2.75) is 0 Å². The van der Waals surface area contributed by atoms with Gasteiger partial charge in [0.1, 0.15) is 11.4 Å². The molecular weight excluding hydrogens is 308 g/mol. The number of carbonyl (C=O) groups excluding carboxylic acids is 1. The first kappa shape index (κ1) is 15.1. The summed E-state index contributed by atoms with van der Waals surface area (Å²) in [6.45, 7) is 0. The van der Waals surface area contributed by atoms with Crippen LogP contribution in [-0.2, 0) is 0 Å². The Kier molecular flexibility index (Phi) is 3.97. The minimum absolute atomic E-state index is 0.0610. The number of hydrogen-bond donors (Lipinski definition) is 1. The first-order chi connectivity index (χ1) is 12.3. The molecule has 1 heterocycles. The highest BCUT2D eigenvalue weighted by Crippen LogP contribution is 2.34. The quantitative estimate of drug-likeness (QED) is 0.538. The van der Waals surface area contributed by atoms with Gasteiger partial charge >= 0.3 is 0 Å². The molecule has 0 fully saturated rings. The molecule has 3 heteroatoms. The van der Waals surface area contributed by atoms with Crippen molar-refractivity contribution in [3.63, 3.8) is 0 Å². The molecule has 4 aromatic rings. The van der Waals surface area contributed by atoms with Crippen LogP contribution in [0.1, 0.15) is 16.1 Å². The maximum Gasteiger partial charge on any atom is 0.211 e. The number of rotatable bonds is 4. The molecule has 25 heavy (non-hydrogen) atoms. The highest BCUT2D eigenvalue weighted by molar-refractivity contribution is 6.13. The first-order valence-corrected chi connectivity index (χ1v) is 8.13. The molecule has 120 valence electrons. The van der Waals surface area contributed by atoms with Gasteiger partial charge in [0, 0.05) is 16.7 Å². The molecule has 0 unspecified atom stereocenters. The van der Waals surface area contributed by atoms with Crippen LogP contribution in [0.3, 0.4) is 0 Å². The van der Waals surface area contributed by atoms with Gasteiger partial charge in [-0.1, -0.05) is 91.0 Å². The van der Waals surface area contributed by atoms with E-state index in [0.717, 1.165) is 22.4 Å². The number of nitrogens with one attached hydrogen (secondary N) is 1. The fourth-order valence-corrected chi connectivity index (χ4v) is 2.93. The third-order valence-electron chi connectivity index (χ3n) is 4.14. The maximum absolute atomic E-state index is 13.0.